The van der Waals surface area contributed by atoms with E-state index in [0.29, 0.717) is 5.82 Å². The molecule has 56 heavy (non-hydrogen) atoms. The van der Waals surface area contributed by atoms with Crippen LogP contribution in [0.15, 0.2) is 183 Å². The Bertz CT molecular complexity index is 3110. The van der Waals surface area contributed by atoms with Crippen LogP contribution in [0.4, 0.5) is 0 Å². The molecule has 4 nitrogen and oxygen atoms in total. The molecule has 4 heterocycles. The second-order valence-electron chi connectivity index (χ2n) is 13.9. The molecule has 11 rings (SSSR count). The average Bonchev–Trinajstić information content (AvgIpc) is 3.84. The molecular weight excluding hydrogens is 721 g/mol. The van der Waals surface area contributed by atoms with Gasteiger partial charge in [0, 0.05) is 75.0 Å². The van der Waals surface area contributed by atoms with Crippen LogP contribution in [0.25, 0.3) is 108 Å². The molecule has 11 aromatic rings. The quantitative estimate of drug-likeness (QED) is 0.170. The molecule has 0 amide bonds. The van der Waals surface area contributed by atoms with Crippen molar-refractivity contribution < 1.29 is 0 Å². The zero-order valence-electron chi connectivity index (χ0n) is 29.9. The number of hydrogen-bond acceptors (Lipinski definition) is 6. The Morgan fingerprint density at radius 3 is 1.36 bits per heavy atom. The Morgan fingerprint density at radius 1 is 0.304 bits per heavy atom. The highest BCUT2D eigenvalue weighted by molar-refractivity contribution is 7.26. The van der Waals surface area contributed by atoms with Gasteiger partial charge < -0.3 is 0 Å². The van der Waals surface area contributed by atoms with Crippen LogP contribution in [0.2, 0.25) is 0 Å². The number of aromatic nitrogens is 4. The number of rotatable bonds is 6. The lowest BCUT2D eigenvalue weighted by atomic mass is 9.94. The zero-order chi connectivity index (χ0) is 37.0. The van der Waals surface area contributed by atoms with Crippen LogP contribution in [-0.2, 0) is 0 Å². The van der Waals surface area contributed by atoms with Gasteiger partial charge in [0.2, 0.25) is 0 Å². The lowest BCUT2D eigenvalue weighted by molar-refractivity contribution is 1.17. The topological polar surface area (TPSA) is 51.6 Å². The van der Waals surface area contributed by atoms with Gasteiger partial charge in [-0.05, 0) is 88.5 Å². The second kappa shape index (κ2) is 13.5. The Hall–Kier alpha value is -6.86. The Labute approximate surface area is 331 Å². The van der Waals surface area contributed by atoms with E-state index in [1.165, 1.54) is 40.3 Å². The van der Waals surface area contributed by atoms with Gasteiger partial charge in [-0.1, -0.05) is 103 Å². The van der Waals surface area contributed by atoms with E-state index in [-0.39, 0.29) is 0 Å². The largest absolute Gasteiger partial charge is 0.244 e. The van der Waals surface area contributed by atoms with Crippen molar-refractivity contribution in [2.45, 2.75) is 0 Å². The second-order valence-corrected chi connectivity index (χ2v) is 16.1. The fourth-order valence-electron chi connectivity index (χ4n) is 7.66. The number of benzene rings is 7. The summed E-state index contributed by atoms with van der Waals surface area (Å²) in [6.07, 6.45) is 5.22. The van der Waals surface area contributed by atoms with Crippen LogP contribution in [0.3, 0.4) is 0 Å². The summed E-state index contributed by atoms with van der Waals surface area (Å²) in [7, 11) is 0. The molecule has 4 aromatic heterocycles. The third kappa shape index (κ3) is 5.84. The van der Waals surface area contributed by atoms with Gasteiger partial charge in [0.15, 0.2) is 5.82 Å². The fraction of sp³-hybridized carbons (Fsp3) is 0. The summed E-state index contributed by atoms with van der Waals surface area (Å²) in [6.45, 7) is 0. The molecule has 0 saturated heterocycles. The van der Waals surface area contributed by atoms with Crippen LogP contribution in [0, 0.1) is 0 Å². The van der Waals surface area contributed by atoms with Gasteiger partial charge in [0.05, 0.1) is 11.4 Å². The number of hydrogen-bond donors (Lipinski definition) is 0. The van der Waals surface area contributed by atoms with Crippen molar-refractivity contribution in [1.29, 1.82) is 0 Å². The summed E-state index contributed by atoms with van der Waals surface area (Å²) in [5, 5.41) is 5.12. The first kappa shape index (κ1) is 32.6. The van der Waals surface area contributed by atoms with Crippen LogP contribution in [-0.4, -0.2) is 19.9 Å². The highest BCUT2D eigenvalue weighted by Crippen LogP contribution is 2.41. The first-order valence-electron chi connectivity index (χ1n) is 18.5. The molecule has 0 atom stereocenters. The van der Waals surface area contributed by atoms with E-state index in [9.17, 15) is 0 Å². The number of nitrogens with zero attached hydrogens (tertiary/aromatic N) is 4. The van der Waals surface area contributed by atoms with E-state index in [4.69, 9.17) is 9.97 Å². The maximum absolute atomic E-state index is 5.30. The van der Waals surface area contributed by atoms with Crippen molar-refractivity contribution >= 4 is 63.0 Å². The monoisotopic (exact) mass is 750 g/mol. The Balaban J connectivity index is 1.11. The van der Waals surface area contributed by atoms with Gasteiger partial charge in [-0.3, -0.25) is 0 Å². The molecule has 6 heteroatoms. The van der Waals surface area contributed by atoms with Crippen LogP contribution in [0.5, 0.6) is 0 Å². The average molecular weight is 751 g/mol. The maximum Gasteiger partial charge on any atom is 0.160 e. The molecule has 7 aromatic carbocycles. The predicted molar refractivity (Wildman–Crippen MR) is 236 cm³/mol. The molecule has 262 valence electrons. The van der Waals surface area contributed by atoms with E-state index >= 15 is 0 Å². The van der Waals surface area contributed by atoms with Gasteiger partial charge in [0.1, 0.15) is 6.33 Å². The first-order chi connectivity index (χ1) is 27.7. The Kier molecular flexibility index (Phi) is 7.83. The molecule has 0 aliphatic carbocycles. The van der Waals surface area contributed by atoms with Crippen molar-refractivity contribution in [3.8, 4) is 67.3 Å². The molecule has 0 unspecified atom stereocenters. The van der Waals surface area contributed by atoms with Crippen LogP contribution < -0.4 is 0 Å². The minimum absolute atomic E-state index is 0.675. The first-order valence-corrected chi connectivity index (χ1v) is 20.1. The van der Waals surface area contributed by atoms with Gasteiger partial charge >= 0.3 is 0 Å². The van der Waals surface area contributed by atoms with E-state index < -0.39 is 0 Å². The highest BCUT2D eigenvalue weighted by Gasteiger charge is 2.16. The fourth-order valence-corrected chi connectivity index (χ4v) is 9.84. The summed E-state index contributed by atoms with van der Waals surface area (Å²) < 4.78 is 5.18. The van der Waals surface area contributed by atoms with E-state index in [0.717, 1.165) is 61.5 Å². The lowest BCUT2D eigenvalue weighted by Crippen LogP contribution is -1.97. The molecule has 0 fully saturated rings. The number of fused-ring (bicyclic) bond motifs is 6. The zero-order valence-corrected chi connectivity index (χ0v) is 31.6. The SMILES string of the molecule is c1ccc(-c2cc(-c3ccc(-c4cncnc4)cc3)nc(-c3cc(-c4ccc5sc6ccccc6c5c4)cc(-c4ccc5sc6ccccc6c5c4)c3)n2)cc1. The maximum atomic E-state index is 5.30. The third-order valence-electron chi connectivity index (χ3n) is 10.5. The third-order valence-corrected chi connectivity index (χ3v) is 12.8. The normalized spacial score (nSPS) is 11.6. The van der Waals surface area contributed by atoms with Crippen molar-refractivity contribution in [1.82, 2.24) is 19.9 Å². The van der Waals surface area contributed by atoms with Crippen molar-refractivity contribution in [3.05, 3.63) is 183 Å². The number of thiophene rings is 2. The Morgan fingerprint density at radius 2 is 0.768 bits per heavy atom. The van der Waals surface area contributed by atoms with E-state index in [2.05, 4.69) is 168 Å². The van der Waals surface area contributed by atoms with Crippen LogP contribution in [0.1, 0.15) is 0 Å². The molecule has 0 aliphatic rings. The summed E-state index contributed by atoms with van der Waals surface area (Å²) >= 11 is 3.68. The smallest absolute Gasteiger partial charge is 0.160 e. The highest BCUT2D eigenvalue weighted by atomic mass is 32.1. The van der Waals surface area contributed by atoms with Gasteiger partial charge in [0.25, 0.3) is 0 Å². The molecular formula is C50H30N4S2. The van der Waals surface area contributed by atoms with Gasteiger partial charge in [-0.25, -0.2) is 19.9 Å². The molecule has 0 bridgehead atoms. The standard InChI is InChI=1S/C50H30N4S2/c1-2-8-32(9-3-1)44-27-45(33-16-14-31(15-17-33)39-28-51-30-52-29-39)54-50(53-44)38-23-36(34-18-20-48-42(25-34)40-10-4-6-12-46(40)55-48)22-37(24-38)35-19-21-49-43(26-35)41-11-5-7-13-47(41)56-49/h1-30H. The van der Waals surface area contributed by atoms with Crippen molar-refractivity contribution in [2.75, 3.05) is 0 Å². The predicted octanol–water partition coefficient (Wildman–Crippen LogP) is 14.0. The van der Waals surface area contributed by atoms with E-state index in [1.807, 2.05) is 41.1 Å². The summed E-state index contributed by atoms with van der Waals surface area (Å²) in [5.41, 5.74) is 11.3. The molecule has 0 saturated carbocycles. The van der Waals surface area contributed by atoms with Crippen molar-refractivity contribution in [3.63, 3.8) is 0 Å². The lowest BCUT2D eigenvalue weighted by Gasteiger charge is -2.13. The molecule has 0 radical (unpaired) electrons. The molecule has 0 N–H and O–H groups in total. The summed E-state index contributed by atoms with van der Waals surface area (Å²) in [4.78, 5) is 19.0. The summed E-state index contributed by atoms with van der Waals surface area (Å²) in [6, 6.07) is 58.8. The van der Waals surface area contributed by atoms with Gasteiger partial charge in [-0.15, -0.1) is 22.7 Å². The van der Waals surface area contributed by atoms with Gasteiger partial charge in [-0.2, -0.15) is 0 Å². The molecule has 0 aliphatic heterocycles. The van der Waals surface area contributed by atoms with Crippen LogP contribution >= 0.6 is 22.7 Å². The minimum Gasteiger partial charge on any atom is -0.244 e. The van der Waals surface area contributed by atoms with E-state index in [1.54, 1.807) is 6.33 Å². The minimum atomic E-state index is 0.675. The molecule has 0 spiro atoms. The van der Waals surface area contributed by atoms with Crippen molar-refractivity contribution in [2.24, 2.45) is 0 Å². The summed E-state index contributed by atoms with van der Waals surface area (Å²) in [5.74, 6) is 0.675.